The number of carbonyl (C=O) groups is 2. The molecule has 0 aromatic heterocycles. The molecule has 0 bridgehead atoms. The summed E-state index contributed by atoms with van der Waals surface area (Å²) in [5.74, 6) is -1.64. The van der Waals surface area contributed by atoms with Gasteiger partial charge in [-0.2, -0.15) is 0 Å². The second-order valence-electron chi connectivity index (χ2n) is 1.32. The van der Waals surface area contributed by atoms with Gasteiger partial charge in [-0.05, 0) is 0 Å². The van der Waals surface area contributed by atoms with Gasteiger partial charge in [-0.15, -0.1) is 0 Å². The van der Waals surface area contributed by atoms with E-state index in [0.717, 1.165) is 0 Å². The Morgan fingerprint density at radius 2 is 1.30 bits per heavy atom. The Morgan fingerprint density at radius 3 is 1.50 bits per heavy atom. The fourth-order valence-corrected chi connectivity index (χ4v) is 0.161. The highest BCUT2D eigenvalue weighted by Gasteiger charge is 2.04. The van der Waals surface area contributed by atoms with Crippen LogP contribution in [-0.2, 0) is 19.4 Å². The highest BCUT2D eigenvalue weighted by atomic mass is 17.2. The average molecular weight is 148 g/mol. The maximum atomic E-state index is 10.2. The van der Waals surface area contributed by atoms with Crippen molar-refractivity contribution in [2.45, 2.75) is 0 Å². The molecule has 0 aliphatic carbocycles. The summed E-state index contributed by atoms with van der Waals surface area (Å²) in [5.41, 5.74) is 9.61. The Labute approximate surface area is 57.0 Å². The monoisotopic (exact) mass is 148 g/mol. The van der Waals surface area contributed by atoms with Gasteiger partial charge in [0.1, 0.15) is 0 Å². The molecule has 0 unspecified atom stereocenters. The summed E-state index contributed by atoms with van der Waals surface area (Å²) in [6.07, 6.45) is 0. The van der Waals surface area contributed by atoms with Crippen molar-refractivity contribution in [1.29, 1.82) is 0 Å². The van der Waals surface area contributed by atoms with Crippen molar-refractivity contribution >= 4 is 11.9 Å². The molecule has 6 nitrogen and oxygen atoms in total. The Balaban J connectivity index is 3.35. The number of hydrogen-bond donors (Lipinski definition) is 2. The first-order valence-electron chi connectivity index (χ1n) is 2.51. The van der Waals surface area contributed by atoms with Gasteiger partial charge in [0.05, 0.1) is 13.1 Å². The van der Waals surface area contributed by atoms with E-state index >= 15 is 0 Å². The van der Waals surface area contributed by atoms with E-state index in [1.165, 1.54) is 0 Å². The lowest BCUT2D eigenvalue weighted by atomic mass is 10.7. The summed E-state index contributed by atoms with van der Waals surface area (Å²) in [5, 5.41) is 0. The molecular formula is C4H8N2O4. The van der Waals surface area contributed by atoms with E-state index in [1.807, 2.05) is 0 Å². The van der Waals surface area contributed by atoms with E-state index in [4.69, 9.17) is 11.5 Å². The third-order valence-electron chi connectivity index (χ3n) is 0.561. The van der Waals surface area contributed by atoms with Crippen molar-refractivity contribution in [3.8, 4) is 0 Å². The van der Waals surface area contributed by atoms with E-state index in [-0.39, 0.29) is 13.1 Å². The van der Waals surface area contributed by atoms with Gasteiger partial charge in [0.2, 0.25) is 0 Å². The fourth-order valence-electron chi connectivity index (χ4n) is 0.161. The molecule has 4 N–H and O–H groups in total. The first-order valence-corrected chi connectivity index (χ1v) is 2.51. The van der Waals surface area contributed by atoms with Gasteiger partial charge < -0.3 is 11.5 Å². The fraction of sp³-hybridized carbons (Fsp3) is 0.500. The van der Waals surface area contributed by atoms with Crippen molar-refractivity contribution in [1.82, 2.24) is 0 Å². The van der Waals surface area contributed by atoms with Crippen molar-refractivity contribution in [3.63, 3.8) is 0 Å². The van der Waals surface area contributed by atoms with E-state index in [9.17, 15) is 9.59 Å². The molecule has 0 atom stereocenters. The molecule has 6 heteroatoms. The predicted octanol–water partition coefficient (Wildman–Crippen LogP) is -2.09. The summed E-state index contributed by atoms with van der Waals surface area (Å²) in [4.78, 5) is 28.0. The average Bonchev–Trinajstić information content (AvgIpc) is 1.99. The van der Waals surface area contributed by atoms with E-state index in [2.05, 4.69) is 9.78 Å². The summed E-state index contributed by atoms with van der Waals surface area (Å²) >= 11 is 0. The molecular weight excluding hydrogens is 140 g/mol. The standard InChI is InChI=1S/C4H8N2O4/c5-1-3(7)9-10-4(8)2-6/h1-2,5-6H2. The first kappa shape index (κ1) is 8.86. The van der Waals surface area contributed by atoms with Crippen LogP contribution < -0.4 is 11.5 Å². The number of rotatable bonds is 2. The lowest BCUT2D eigenvalue weighted by molar-refractivity contribution is -0.256. The van der Waals surface area contributed by atoms with Crippen LogP contribution in [-0.4, -0.2) is 25.0 Å². The van der Waals surface area contributed by atoms with Crippen LogP contribution in [0.5, 0.6) is 0 Å². The largest absolute Gasteiger partial charge is 0.368 e. The Kier molecular flexibility index (Phi) is 4.17. The minimum atomic E-state index is -0.818. The zero-order chi connectivity index (χ0) is 7.98. The summed E-state index contributed by atoms with van der Waals surface area (Å²) in [6, 6.07) is 0. The Hall–Kier alpha value is -1.14. The molecule has 0 aliphatic rings. The number of carbonyl (C=O) groups excluding carboxylic acids is 2. The molecule has 0 aromatic rings. The second-order valence-corrected chi connectivity index (χ2v) is 1.32. The normalized spacial score (nSPS) is 8.60. The van der Waals surface area contributed by atoms with Crippen LogP contribution in [0.25, 0.3) is 0 Å². The van der Waals surface area contributed by atoms with Crippen molar-refractivity contribution < 1.29 is 19.4 Å². The van der Waals surface area contributed by atoms with Gasteiger partial charge in [-0.3, -0.25) is 0 Å². The molecule has 0 fully saturated rings. The van der Waals surface area contributed by atoms with Crippen LogP contribution in [0.2, 0.25) is 0 Å². The molecule has 0 heterocycles. The van der Waals surface area contributed by atoms with Crippen LogP contribution in [0.3, 0.4) is 0 Å². The zero-order valence-corrected chi connectivity index (χ0v) is 5.20. The number of nitrogens with two attached hydrogens (primary N) is 2. The third-order valence-corrected chi connectivity index (χ3v) is 0.561. The molecule has 0 saturated carbocycles. The van der Waals surface area contributed by atoms with Crippen LogP contribution in [0.4, 0.5) is 0 Å². The Morgan fingerprint density at radius 1 is 1.00 bits per heavy atom. The lowest BCUT2D eigenvalue weighted by Gasteiger charge is -1.97. The molecule has 0 spiro atoms. The molecule has 0 aliphatic heterocycles. The first-order chi connectivity index (χ1) is 4.70. The van der Waals surface area contributed by atoms with Crippen LogP contribution in [0, 0.1) is 0 Å². The van der Waals surface area contributed by atoms with E-state index in [0.29, 0.717) is 0 Å². The summed E-state index contributed by atoms with van der Waals surface area (Å²) in [6.45, 7) is -0.671. The minimum absolute atomic E-state index is 0.335. The van der Waals surface area contributed by atoms with Gasteiger partial charge in [-0.25, -0.2) is 19.4 Å². The van der Waals surface area contributed by atoms with E-state index in [1.54, 1.807) is 0 Å². The van der Waals surface area contributed by atoms with Gasteiger partial charge in [0.15, 0.2) is 0 Å². The van der Waals surface area contributed by atoms with Gasteiger partial charge in [0.25, 0.3) is 0 Å². The number of hydrogen-bond acceptors (Lipinski definition) is 6. The highest BCUT2D eigenvalue weighted by Crippen LogP contribution is 1.78. The molecule has 0 aromatic carbocycles. The van der Waals surface area contributed by atoms with Crippen molar-refractivity contribution in [3.05, 3.63) is 0 Å². The zero-order valence-electron chi connectivity index (χ0n) is 5.20. The van der Waals surface area contributed by atoms with Crippen LogP contribution >= 0.6 is 0 Å². The van der Waals surface area contributed by atoms with Crippen LogP contribution in [0.1, 0.15) is 0 Å². The topological polar surface area (TPSA) is 105 Å². The van der Waals surface area contributed by atoms with Gasteiger partial charge in [-0.1, -0.05) is 0 Å². The summed E-state index contributed by atoms with van der Waals surface area (Å²) in [7, 11) is 0. The second kappa shape index (κ2) is 4.71. The van der Waals surface area contributed by atoms with Crippen molar-refractivity contribution in [2.24, 2.45) is 11.5 Å². The quantitative estimate of drug-likeness (QED) is 0.343. The molecule has 0 amide bonds. The Bertz CT molecular complexity index is 119. The van der Waals surface area contributed by atoms with Gasteiger partial charge in [0, 0.05) is 0 Å². The highest BCUT2D eigenvalue weighted by molar-refractivity contribution is 5.74. The molecule has 0 rings (SSSR count). The van der Waals surface area contributed by atoms with Crippen molar-refractivity contribution in [2.75, 3.05) is 13.1 Å². The van der Waals surface area contributed by atoms with Gasteiger partial charge >= 0.3 is 11.9 Å². The molecule has 10 heavy (non-hydrogen) atoms. The third kappa shape index (κ3) is 3.81. The SMILES string of the molecule is NCC(=O)OOC(=O)CN. The maximum absolute atomic E-state index is 10.2. The molecule has 0 radical (unpaired) electrons. The summed E-state index contributed by atoms with van der Waals surface area (Å²) < 4.78 is 0. The van der Waals surface area contributed by atoms with Crippen LogP contribution in [0.15, 0.2) is 0 Å². The maximum Gasteiger partial charge on any atom is 0.368 e. The van der Waals surface area contributed by atoms with E-state index < -0.39 is 11.9 Å². The lowest BCUT2D eigenvalue weighted by Crippen LogP contribution is -2.22. The molecule has 0 saturated heterocycles. The predicted molar refractivity (Wildman–Crippen MR) is 30.3 cm³/mol. The smallest absolute Gasteiger partial charge is 0.321 e. The molecule has 58 valence electrons. The minimum Gasteiger partial charge on any atom is -0.321 e.